The van der Waals surface area contributed by atoms with Crippen LogP contribution in [0.3, 0.4) is 0 Å². The smallest absolute Gasteiger partial charge is 0.371 e. The van der Waals surface area contributed by atoms with Crippen LogP contribution in [0.4, 0.5) is 5.82 Å². The lowest BCUT2D eigenvalue weighted by Gasteiger charge is -2.24. The SMILES string of the molecule is CNc1nc(Cl)nc2c1ncn2[C@H]1C[C@H](OP(=O)(O)O)[C@@]2(COP(=O)(O)O)C[C@H]12. The van der Waals surface area contributed by atoms with Crippen LogP contribution in [-0.2, 0) is 18.2 Å². The Balaban J connectivity index is 1.70. The zero-order chi connectivity index (χ0) is 21.2. The predicted molar refractivity (Wildman–Crippen MR) is 99.0 cm³/mol. The van der Waals surface area contributed by atoms with E-state index >= 15 is 0 Å². The van der Waals surface area contributed by atoms with Gasteiger partial charge >= 0.3 is 15.6 Å². The fourth-order valence-corrected chi connectivity index (χ4v) is 5.45. The van der Waals surface area contributed by atoms with Crippen LogP contribution < -0.4 is 5.32 Å². The summed E-state index contributed by atoms with van der Waals surface area (Å²) in [7, 11) is -7.94. The van der Waals surface area contributed by atoms with E-state index in [0.717, 1.165) is 0 Å². The Kier molecular flexibility index (Phi) is 5.05. The van der Waals surface area contributed by atoms with Crippen molar-refractivity contribution < 1.29 is 37.8 Å². The fraction of sp³-hybridized carbons (Fsp3) is 0.615. The first-order valence-electron chi connectivity index (χ1n) is 8.45. The van der Waals surface area contributed by atoms with Gasteiger partial charge in [-0.2, -0.15) is 9.97 Å². The van der Waals surface area contributed by atoms with Crippen molar-refractivity contribution in [2.45, 2.75) is 25.0 Å². The van der Waals surface area contributed by atoms with Gasteiger partial charge in [-0.3, -0.25) is 9.05 Å². The Morgan fingerprint density at radius 2 is 2.03 bits per heavy atom. The summed E-state index contributed by atoms with van der Waals surface area (Å²) >= 11 is 5.99. The molecule has 160 valence electrons. The minimum absolute atomic E-state index is 0.00323. The lowest BCUT2D eigenvalue weighted by molar-refractivity contribution is 0.0499. The molecule has 13 nitrogen and oxygen atoms in total. The summed E-state index contributed by atoms with van der Waals surface area (Å²) in [4.78, 5) is 49.2. The Morgan fingerprint density at radius 3 is 2.66 bits per heavy atom. The van der Waals surface area contributed by atoms with Crippen LogP contribution in [0.15, 0.2) is 6.33 Å². The average Bonchev–Trinajstić information content (AvgIpc) is 3.07. The number of hydrogen-bond acceptors (Lipinski definition) is 8. The minimum Gasteiger partial charge on any atom is -0.371 e. The number of fused-ring (bicyclic) bond motifs is 2. The molecule has 0 radical (unpaired) electrons. The van der Waals surface area contributed by atoms with Crippen LogP contribution in [0.25, 0.3) is 11.2 Å². The number of halogens is 1. The second-order valence-corrected chi connectivity index (χ2v) is 9.88. The maximum atomic E-state index is 11.4. The fourth-order valence-electron chi connectivity index (χ4n) is 4.25. The van der Waals surface area contributed by atoms with Gasteiger partial charge in [0.2, 0.25) is 5.28 Å². The third-order valence-electron chi connectivity index (χ3n) is 5.49. The van der Waals surface area contributed by atoms with E-state index in [1.165, 1.54) is 6.33 Å². The third-order valence-corrected chi connectivity index (χ3v) is 6.66. The quantitative estimate of drug-likeness (QED) is 0.287. The maximum absolute atomic E-state index is 11.4. The molecule has 0 unspecified atom stereocenters. The molecule has 0 bridgehead atoms. The summed E-state index contributed by atoms with van der Waals surface area (Å²) in [6.45, 7) is -0.396. The van der Waals surface area contributed by atoms with E-state index in [0.29, 0.717) is 23.4 Å². The predicted octanol–water partition coefficient (Wildman–Crippen LogP) is 1.06. The van der Waals surface area contributed by atoms with E-state index < -0.39 is 33.8 Å². The van der Waals surface area contributed by atoms with Crippen molar-refractivity contribution in [3.05, 3.63) is 11.6 Å². The summed E-state index contributed by atoms with van der Waals surface area (Å²) in [5.41, 5.74) is -0.0477. The molecule has 0 aliphatic heterocycles. The lowest BCUT2D eigenvalue weighted by atomic mass is 10.0. The molecule has 0 spiro atoms. The summed E-state index contributed by atoms with van der Waals surface area (Å²) in [5.74, 6) is 0.210. The Labute approximate surface area is 168 Å². The maximum Gasteiger partial charge on any atom is 0.469 e. The van der Waals surface area contributed by atoms with Gasteiger partial charge in [0.05, 0.1) is 19.0 Å². The molecule has 5 N–H and O–H groups in total. The van der Waals surface area contributed by atoms with Crippen molar-refractivity contribution in [2.75, 3.05) is 19.0 Å². The Morgan fingerprint density at radius 1 is 1.31 bits per heavy atom. The number of aromatic nitrogens is 4. The molecule has 2 heterocycles. The second-order valence-electron chi connectivity index (χ2n) is 7.11. The molecule has 29 heavy (non-hydrogen) atoms. The van der Waals surface area contributed by atoms with Crippen molar-refractivity contribution in [3.63, 3.8) is 0 Å². The van der Waals surface area contributed by atoms with Gasteiger partial charge in [0.1, 0.15) is 0 Å². The van der Waals surface area contributed by atoms with Gasteiger partial charge in [-0.05, 0) is 30.4 Å². The van der Waals surface area contributed by atoms with Crippen molar-refractivity contribution in [3.8, 4) is 0 Å². The van der Waals surface area contributed by atoms with Crippen LogP contribution in [0.5, 0.6) is 0 Å². The molecule has 0 aromatic carbocycles. The van der Waals surface area contributed by atoms with Crippen LogP contribution in [0.1, 0.15) is 18.9 Å². The molecule has 2 fully saturated rings. The van der Waals surface area contributed by atoms with Gasteiger partial charge < -0.3 is 29.5 Å². The van der Waals surface area contributed by atoms with Gasteiger partial charge in [0, 0.05) is 18.5 Å². The highest BCUT2D eigenvalue weighted by atomic mass is 35.5. The van der Waals surface area contributed by atoms with Crippen molar-refractivity contribution in [1.29, 1.82) is 0 Å². The first-order chi connectivity index (χ1) is 13.4. The summed E-state index contributed by atoms with van der Waals surface area (Å²) in [6, 6.07) is -0.340. The van der Waals surface area contributed by atoms with E-state index in [4.69, 9.17) is 25.9 Å². The molecule has 2 aliphatic carbocycles. The van der Waals surface area contributed by atoms with Gasteiger partial charge in [-0.15, -0.1) is 0 Å². The van der Waals surface area contributed by atoms with Crippen LogP contribution >= 0.6 is 27.2 Å². The standard InChI is InChI=1S/C13H18ClN5O8P2/c1-15-10-9-11(18-12(14)17-10)19(5-16-9)7-2-8(27-29(23,24)25)13(3-6(7)13)4-26-28(20,21)22/h5-8H,2-4H2,1H3,(H,15,17,18)(H2,20,21,22)(H2,23,24,25)/t6-,7+,8+,13-/m1/s1. The van der Waals surface area contributed by atoms with Crippen LogP contribution in [0, 0.1) is 11.3 Å². The Bertz CT molecular complexity index is 1060. The number of nitrogens with zero attached hydrogens (tertiary/aromatic N) is 4. The number of phosphoric ester groups is 2. The second kappa shape index (κ2) is 6.94. The summed E-state index contributed by atoms with van der Waals surface area (Å²) < 4.78 is 33.9. The zero-order valence-corrected chi connectivity index (χ0v) is 17.5. The van der Waals surface area contributed by atoms with Gasteiger partial charge in [-0.25, -0.2) is 14.1 Å². The number of rotatable bonds is 7. The van der Waals surface area contributed by atoms with E-state index in [9.17, 15) is 18.9 Å². The highest BCUT2D eigenvalue weighted by Gasteiger charge is 2.70. The summed E-state index contributed by atoms with van der Waals surface area (Å²) in [6.07, 6.45) is 1.12. The molecule has 2 aromatic heterocycles. The molecule has 2 aromatic rings. The zero-order valence-electron chi connectivity index (χ0n) is 14.9. The number of phosphoric acid groups is 2. The lowest BCUT2D eigenvalue weighted by Crippen LogP contribution is -2.26. The molecule has 2 aliphatic rings. The molecular formula is C13H18ClN5O8P2. The topological polar surface area (TPSA) is 189 Å². The largest absolute Gasteiger partial charge is 0.469 e. The van der Waals surface area contributed by atoms with Crippen molar-refractivity contribution in [2.24, 2.45) is 11.3 Å². The third kappa shape index (κ3) is 3.95. The monoisotopic (exact) mass is 469 g/mol. The average molecular weight is 470 g/mol. The first-order valence-corrected chi connectivity index (χ1v) is 11.9. The van der Waals surface area contributed by atoms with Crippen LogP contribution in [-0.4, -0.2) is 58.9 Å². The molecule has 4 rings (SSSR count). The van der Waals surface area contributed by atoms with Gasteiger partial charge in [0.15, 0.2) is 17.0 Å². The van der Waals surface area contributed by atoms with Crippen LogP contribution in [0.2, 0.25) is 5.28 Å². The Hall–Kier alpha value is -1.14. The highest BCUT2D eigenvalue weighted by molar-refractivity contribution is 7.46. The number of nitrogens with one attached hydrogen (secondary N) is 1. The first kappa shape index (κ1) is 21.1. The van der Waals surface area contributed by atoms with E-state index in [1.807, 2.05) is 0 Å². The molecule has 0 amide bonds. The number of anilines is 1. The van der Waals surface area contributed by atoms with Gasteiger partial charge in [0.25, 0.3) is 0 Å². The summed E-state index contributed by atoms with van der Waals surface area (Å²) in [5, 5.41) is 2.87. The highest BCUT2D eigenvalue weighted by Crippen LogP contribution is 2.71. The molecular weight excluding hydrogens is 452 g/mol. The normalized spacial score (nSPS) is 29.2. The number of hydrogen-bond donors (Lipinski definition) is 5. The molecule has 16 heteroatoms. The molecule has 4 atom stereocenters. The van der Waals surface area contributed by atoms with E-state index in [-0.39, 0.29) is 23.7 Å². The minimum atomic E-state index is -4.84. The molecule has 0 saturated heterocycles. The van der Waals surface area contributed by atoms with E-state index in [1.54, 1.807) is 11.6 Å². The van der Waals surface area contributed by atoms with E-state index in [2.05, 4.69) is 24.8 Å². The van der Waals surface area contributed by atoms with Crippen molar-refractivity contribution >= 4 is 44.2 Å². The number of imidazole rings is 1. The van der Waals surface area contributed by atoms with Gasteiger partial charge in [-0.1, -0.05) is 0 Å². The van der Waals surface area contributed by atoms with Crippen molar-refractivity contribution in [1.82, 2.24) is 19.5 Å². The molecule has 2 saturated carbocycles.